The molecule has 0 amide bonds. The summed E-state index contributed by atoms with van der Waals surface area (Å²) in [5.74, 6) is -0.151. The molecule has 0 aromatic heterocycles. The molecule has 0 saturated heterocycles. The standard InChI is InChI=1S/C11H21NO3/c1-10(2,3)15-7-11(12,8-5-6-8)9(13)14-4/h8H,5-7,12H2,1-4H3. The number of nitrogens with two attached hydrogens (primary N) is 1. The molecule has 0 heterocycles. The summed E-state index contributed by atoms with van der Waals surface area (Å²) >= 11 is 0. The Morgan fingerprint density at radius 3 is 2.27 bits per heavy atom. The number of rotatable bonds is 4. The molecule has 2 N–H and O–H groups in total. The van der Waals surface area contributed by atoms with Gasteiger partial charge in [-0.15, -0.1) is 0 Å². The van der Waals surface area contributed by atoms with E-state index in [4.69, 9.17) is 15.2 Å². The Balaban J connectivity index is 2.61. The van der Waals surface area contributed by atoms with E-state index in [2.05, 4.69) is 0 Å². The van der Waals surface area contributed by atoms with Crippen molar-refractivity contribution in [3.05, 3.63) is 0 Å². The molecule has 1 atom stereocenters. The summed E-state index contributed by atoms with van der Waals surface area (Å²) < 4.78 is 10.3. The molecule has 0 bridgehead atoms. The lowest BCUT2D eigenvalue weighted by Gasteiger charge is -2.30. The molecule has 0 aromatic rings. The van der Waals surface area contributed by atoms with Crippen LogP contribution in [-0.2, 0) is 14.3 Å². The normalized spacial score (nSPS) is 20.9. The van der Waals surface area contributed by atoms with Crippen molar-refractivity contribution in [3.63, 3.8) is 0 Å². The van der Waals surface area contributed by atoms with Crippen LogP contribution in [0.5, 0.6) is 0 Å². The number of hydrogen-bond acceptors (Lipinski definition) is 4. The first-order valence-corrected chi connectivity index (χ1v) is 5.31. The van der Waals surface area contributed by atoms with Crippen molar-refractivity contribution < 1.29 is 14.3 Å². The van der Waals surface area contributed by atoms with Crippen LogP contribution in [0.2, 0.25) is 0 Å². The van der Waals surface area contributed by atoms with Crippen LogP contribution < -0.4 is 5.73 Å². The van der Waals surface area contributed by atoms with E-state index < -0.39 is 5.54 Å². The monoisotopic (exact) mass is 215 g/mol. The van der Waals surface area contributed by atoms with E-state index in [9.17, 15) is 4.79 Å². The fourth-order valence-corrected chi connectivity index (χ4v) is 1.47. The number of carbonyl (C=O) groups is 1. The maximum atomic E-state index is 11.6. The smallest absolute Gasteiger partial charge is 0.328 e. The molecular formula is C11H21NO3. The highest BCUT2D eigenvalue weighted by molar-refractivity contribution is 5.81. The largest absolute Gasteiger partial charge is 0.468 e. The lowest BCUT2D eigenvalue weighted by atomic mass is 9.95. The first-order valence-electron chi connectivity index (χ1n) is 5.31. The minimum absolute atomic E-state index is 0.215. The van der Waals surface area contributed by atoms with E-state index >= 15 is 0 Å². The molecule has 4 nitrogen and oxygen atoms in total. The number of carbonyl (C=O) groups excluding carboxylic acids is 1. The lowest BCUT2D eigenvalue weighted by molar-refractivity contribution is -0.153. The third kappa shape index (κ3) is 3.18. The minimum Gasteiger partial charge on any atom is -0.468 e. The molecule has 4 heteroatoms. The Hall–Kier alpha value is -0.610. The van der Waals surface area contributed by atoms with Gasteiger partial charge in [-0.3, -0.25) is 0 Å². The summed E-state index contributed by atoms with van der Waals surface area (Å²) in [5, 5.41) is 0. The van der Waals surface area contributed by atoms with Crippen LogP contribution in [0.3, 0.4) is 0 Å². The van der Waals surface area contributed by atoms with Crippen molar-refractivity contribution in [1.29, 1.82) is 0 Å². The Morgan fingerprint density at radius 1 is 1.40 bits per heavy atom. The molecule has 0 aliphatic heterocycles. The predicted octanol–water partition coefficient (Wildman–Crippen LogP) is 1.08. The number of esters is 1. The molecule has 0 radical (unpaired) electrons. The second-order valence-electron chi connectivity index (χ2n) is 5.21. The summed E-state index contributed by atoms with van der Waals surface area (Å²) in [6.07, 6.45) is 1.97. The highest BCUT2D eigenvalue weighted by Crippen LogP contribution is 2.39. The second-order valence-corrected chi connectivity index (χ2v) is 5.21. The van der Waals surface area contributed by atoms with E-state index in [0.717, 1.165) is 12.8 Å². The molecular weight excluding hydrogens is 194 g/mol. The van der Waals surface area contributed by atoms with Crippen molar-refractivity contribution in [2.75, 3.05) is 13.7 Å². The van der Waals surface area contributed by atoms with Gasteiger partial charge in [0.15, 0.2) is 0 Å². The van der Waals surface area contributed by atoms with Gasteiger partial charge >= 0.3 is 5.97 Å². The highest BCUT2D eigenvalue weighted by atomic mass is 16.5. The van der Waals surface area contributed by atoms with Crippen LogP contribution in [0.1, 0.15) is 33.6 Å². The van der Waals surface area contributed by atoms with Gasteiger partial charge in [0.2, 0.25) is 0 Å². The van der Waals surface area contributed by atoms with Crippen LogP contribution in [0.4, 0.5) is 0 Å². The number of ether oxygens (including phenoxy) is 2. The molecule has 1 saturated carbocycles. The number of methoxy groups -OCH3 is 1. The van der Waals surface area contributed by atoms with E-state index in [0.29, 0.717) is 0 Å². The Morgan fingerprint density at radius 2 is 1.93 bits per heavy atom. The van der Waals surface area contributed by atoms with Crippen molar-refractivity contribution in [3.8, 4) is 0 Å². The van der Waals surface area contributed by atoms with Gasteiger partial charge in [-0.2, -0.15) is 0 Å². The average molecular weight is 215 g/mol. The predicted molar refractivity (Wildman–Crippen MR) is 57.4 cm³/mol. The van der Waals surface area contributed by atoms with E-state index in [-0.39, 0.29) is 24.1 Å². The molecule has 0 aromatic carbocycles. The minimum atomic E-state index is -0.956. The van der Waals surface area contributed by atoms with Gasteiger partial charge in [0, 0.05) is 0 Å². The molecule has 1 aliphatic carbocycles. The fourth-order valence-electron chi connectivity index (χ4n) is 1.47. The Kier molecular flexibility index (Phi) is 3.41. The van der Waals surface area contributed by atoms with Crippen LogP contribution in [0, 0.1) is 5.92 Å². The molecule has 0 spiro atoms. The third-order valence-corrected chi connectivity index (χ3v) is 2.62. The summed E-state index contributed by atoms with van der Waals surface area (Å²) in [7, 11) is 1.36. The van der Waals surface area contributed by atoms with Crippen molar-refractivity contribution in [2.24, 2.45) is 11.7 Å². The third-order valence-electron chi connectivity index (χ3n) is 2.62. The van der Waals surface area contributed by atoms with Gasteiger partial charge in [-0.25, -0.2) is 4.79 Å². The molecule has 1 aliphatic rings. The first kappa shape index (κ1) is 12.5. The molecule has 1 unspecified atom stereocenters. The zero-order valence-electron chi connectivity index (χ0n) is 10.0. The summed E-state index contributed by atoms with van der Waals surface area (Å²) in [6.45, 7) is 6.06. The first-order chi connectivity index (χ1) is 6.79. The molecule has 1 rings (SSSR count). The zero-order chi connectivity index (χ0) is 11.7. The van der Waals surface area contributed by atoms with Crippen LogP contribution in [-0.4, -0.2) is 30.8 Å². The fraction of sp³-hybridized carbons (Fsp3) is 0.909. The lowest BCUT2D eigenvalue weighted by Crippen LogP contribution is -2.55. The SMILES string of the molecule is COC(=O)C(N)(COC(C)(C)C)C1CC1. The second kappa shape index (κ2) is 4.10. The zero-order valence-corrected chi connectivity index (χ0v) is 10.0. The van der Waals surface area contributed by atoms with Crippen LogP contribution in [0.15, 0.2) is 0 Å². The topological polar surface area (TPSA) is 61.5 Å². The maximum absolute atomic E-state index is 11.6. The Labute approximate surface area is 91.1 Å². The van der Waals surface area contributed by atoms with Gasteiger partial charge < -0.3 is 15.2 Å². The van der Waals surface area contributed by atoms with Gasteiger partial charge in [-0.05, 0) is 39.5 Å². The van der Waals surface area contributed by atoms with Gasteiger partial charge in [-0.1, -0.05) is 0 Å². The van der Waals surface area contributed by atoms with E-state index in [1.807, 2.05) is 20.8 Å². The van der Waals surface area contributed by atoms with E-state index in [1.165, 1.54) is 7.11 Å². The van der Waals surface area contributed by atoms with Crippen molar-refractivity contribution in [2.45, 2.75) is 44.8 Å². The van der Waals surface area contributed by atoms with Gasteiger partial charge in [0.05, 0.1) is 19.3 Å². The van der Waals surface area contributed by atoms with Crippen molar-refractivity contribution in [1.82, 2.24) is 0 Å². The summed E-state index contributed by atoms with van der Waals surface area (Å²) in [4.78, 5) is 11.6. The Bertz CT molecular complexity index is 243. The molecule has 88 valence electrons. The van der Waals surface area contributed by atoms with Crippen LogP contribution >= 0.6 is 0 Å². The summed E-state index contributed by atoms with van der Waals surface area (Å²) in [6, 6.07) is 0. The highest BCUT2D eigenvalue weighted by Gasteiger charge is 2.49. The maximum Gasteiger partial charge on any atom is 0.328 e. The van der Waals surface area contributed by atoms with Crippen molar-refractivity contribution >= 4 is 5.97 Å². The van der Waals surface area contributed by atoms with E-state index in [1.54, 1.807) is 0 Å². The summed E-state index contributed by atoms with van der Waals surface area (Å²) in [5.41, 5.74) is 4.82. The van der Waals surface area contributed by atoms with Gasteiger partial charge in [0.25, 0.3) is 0 Å². The molecule has 15 heavy (non-hydrogen) atoms. The average Bonchev–Trinajstić information content (AvgIpc) is 2.94. The quantitative estimate of drug-likeness (QED) is 0.713. The molecule has 1 fully saturated rings. The number of hydrogen-bond donors (Lipinski definition) is 1. The van der Waals surface area contributed by atoms with Gasteiger partial charge in [0.1, 0.15) is 5.54 Å². The van der Waals surface area contributed by atoms with Crippen LogP contribution in [0.25, 0.3) is 0 Å².